The second-order valence-electron chi connectivity index (χ2n) is 5.92. The van der Waals surface area contributed by atoms with Gasteiger partial charge in [0.2, 0.25) is 0 Å². The number of aryl methyl sites for hydroxylation is 1. The topological polar surface area (TPSA) is 33.6 Å². The van der Waals surface area contributed by atoms with Crippen LogP contribution >= 0.6 is 12.2 Å². The number of nitrogens with one attached hydrogen (secondary N) is 1. The Hall–Kier alpha value is -1.42. The normalized spacial score (nSPS) is 22.9. The molecule has 1 aliphatic rings. The Morgan fingerprint density at radius 1 is 1.30 bits per heavy atom. The van der Waals surface area contributed by atoms with Gasteiger partial charge >= 0.3 is 0 Å². The molecule has 20 heavy (non-hydrogen) atoms. The summed E-state index contributed by atoms with van der Waals surface area (Å²) in [5.74, 6) is 1.65. The van der Waals surface area contributed by atoms with E-state index in [-0.39, 0.29) is 0 Å². The average Bonchev–Trinajstić information content (AvgIpc) is 2.81. The van der Waals surface area contributed by atoms with Crippen LogP contribution in [-0.2, 0) is 0 Å². The van der Waals surface area contributed by atoms with E-state index in [1.54, 1.807) is 0 Å². The number of nitrogens with zero attached hydrogens (tertiary/aromatic N) is 2. The van der Waals surface area contributed by atoms with E-state index in [0.29, 0.717) is 12.0 Å². The molecule has 106 valence electrons. The Labute approximate surface area is 125 Å². The molecular weight excluding hydrogens is 266 g/mol. The molecule has 3 rings (SSSR count). The minimum Gasteiger partial charge on any atom is -0.297 e. The molecule has 0 aliphatic heterocycles. The van der Waals surface area contributed by atoms with Crippen LogP contribution in [0.5, 0.6) is 0 Å². The first-order valence-electron chi connectivity index (χ1n) is 7.41. The number of benzene rings is 1. The van der Waals surface area contributed by atoms with E-state index < -0.39 is 0 Å². The van der Waals surface area contributed by atoms with Gasteiger partial charge in [-0.05, 0) is 44.0 Å². The summed E-state index contributed by atoms with van der Waals surface area (Å²) in [6.45, 7) is 4.44. The lowest BCUT2D eigenvalue weighted by molar-refractivity contribution is 0.257. The number of aromatic amines is 1. The van der Waals surface area contributed by atoms with E-state index in [1.807, 2.05) is 0 Å². The predicted molar refractivity (Wildman–Crippen MR) is 84.3 cm³/mol. The lowest BCUT2D eigenvalue weighted by Crippen LogP contribution is -2.22. The summed E-state index contributed by atoms with van der Waals surface area (Å²) in [4.78, 5) is 0. The van der Waals surface area contributed by atoms with E-state index in [9.17, 15) is 0 Å². The predicted octanol–water partition coefficient (Wildman–Crippen LogP) is 4.67. The fraction of sp³-hybridized carbons (Fsp3) is 0.500. The molecule has 1 aromatic carbocycles. The molecule has 0 saturated heterocycles. The summed E-state index contributed by atoms with van der Waals surface area (Å²) >= 11 is 5.48. The fourth-order valence-corrected chi connectivity index (χ4v) is 3.55. The number of H-pyrrole nitrogens is 1. The number of hydrogen-bond acceptors (Lipinski definition) is 2. The van der Waals surface area contributed by atoms with E-state index in [0.717, 1.165) is 16.2 Å². The number of hydrogen-bond donors (Lipinski definition) is 1. The Kier molecular flexibility index (Phi) is 3.74. The summed E-state index contributed by atoms with van der Waals surface area (Å²) in [5.41, 5.74) is 2.40. The van der Waals surface area contributed by atoms with Crippen LogP contribution in [0.2, 0.25) is 0 Å². The van der Waals surface area contributed by atoms with Gasteiger partial charge in [-0.25, -0.2) is 0 Å². The van der Waals surface area contributed by atoms with Crippen molar-refractivity contribution >= 4 is 12.2 Å². The standard InChI is InChI=1S/C16H21N3S/c1-11-6-5-8-13(10-11)15-17-18-16(20)19(15)14-9-4-3-7-12(14)2/h5-6,8,10,12,14H,3-4,7,9H2,1-2H3,(H,18,20)/t12-,14-/m0/s1. The fourth-order valence-electron chi connectivity index (χ4n) is 3.28. The molecule has 0 amide bonds. The van der Waals surface area contributed by atoms with Crippen LogP contribution in [0.15, 0.2) is 24.3 Å². The zero-order valence-corrected chi connectivity index (χ0v) is 12.9. The maximum absolute atomic E-state index is 5.48. The first-order chi connectivity index (χ1) is 9.66. The van der Waals surface area contributed by atoms with Crippen molar-refractivity contribution < 1.29 is 0 Å². The monoisotopic (exact) mass is 287 g/mol. The van der Waals surface area contributed by atoms with Crippen LogP contribution in [0, 0.1) is 17.6 Å². The summed E-state index contributed by atoms with van der Waals surface area (Å²) in [6, 6.07) is 8.96. The zero-order chi connectivity index (χ0) is 14.1. The average molecular weight is 287 g/mol. The Balaban J connectivity index is 2.07. The molecule has 1 heterocycles. The molecule has 2 aromatic rings. The molecule has 0 radical (unpaired) electrons. The molecule has 2 atom stereocenters. The van der Waals surface area contributed by atoms with Crippen LogP contribution < -0.4 is 0 Å². The minimum atomic E-state index is 0.477. The molecule has 0 spiro atoms. The van der Waals surface area contributed by atoms with Crippen LogP contribution in [0.25, 0.3) is 11.4 Å². The van der Waals surface area contributed by atoms with Crippen LogP contribution in [0.3, 0.4) is 0 Å². The molecular formula is C16H21N3S. The highest BCUT2D eigenvalue weighted by Crippen LogP contribution is 2.36. The highest BCUT2D eigenvalue weighted by molar-refractivity contribution is 7.71. The zero-order valence-electron chi connectivity index (χ0n) is 12.1. The van der Waals surface area contributed by atoms with Gasteiger partial charge in [0.05, 0.1) is 0 Å². The summed E-state index contributed by atoms with van der Waals surface area (Å²) in [7, 11) is 0. The lowest BCUT2D eigenvalue weighted by Gasteiger charge is -2.30. The van der Waals surface area contributed by atoms with Crippen LogP contribution in [0.1, 0.15) is 44.2 Å². The Morgan fingerprint density at radius 3 is 2.85 bits per heavy atom. The largest absolute Gasteiger partial charge is 0.297 e. The van der Waals surface area contributed by atoms with Gasteiger partial charge in [0.1, 0.15) is 0 Å². The van der Waals surface area contributed by atoms with Gasteiger partial charge in [-0.2, -0.15) is 5.10 Å². The lowest BCUT2D eigenvalue weighted by atomic mass is 9.85. The molecule has 3 nitrogen and oxygen atoms in total. The molecule has 1 aromatic heterocycles. The third-order valence-electron chi connectivity index (χ3n) is 4.38. The Bertz CT molecular complexity index is 656. The van der Waals surface area contributed by atoms with Crippen molar-refractivity contribution in [2.45, 2.75) is 45.6 Å². The number of aromatic nitrogens is 3. The highest BCUT2D eigenvalue weighted by Gasteiger charge is 2.26. The summed E-state index contributed by atoms with van der Waals surface area (Å²) in [5, 5.41) is 7.47. The molecule has 1 aliphatic carbocycles. The van der Waals surface area contributed by atoms with Crippen molar-refractivity contribution in [1.29, 1.82) is 0 Å². The molecule has 1 fully saturated rings. The first-order valence-corrected chi connectivity index (χ1v) is 7.81. The Morgan fingerprint density at radius 2 is 2.10 bits per heavy atom. The third kappa shape index (κ3) is 2.44. The van der Waals surface area contributed by atoms with Gasteiger partial charge in [0, 0.05) is 11.6 Å². The molecule has 1 saturated carbocycles. The smallest absolute Gasteiger partial charge is 0.195 e. The quantitative estimate of drug-likeness (QED) is 0.814. The van der Waals surface area contributed by atoms with Gasteiger partial charge in [0.25, 0.3) is 0 Å². The van der Waals surface area contributed by atoms with Crippen molar-refractivity contribution in [3.05, 3.63) is 34.6 Å². The second-order valence-corrected chi connectivity index (χ2v) is 6.31. The van der Waals surface area contributed by atoms with Crippen LogP contribution in [-0.4, -0.2) is 14.8 Å². The second kappa shape index (κ2) is 5.52. The summed E-state index contributed by atoms with van der Waals surface area (Å²) < 4.78 is 2.99. The van der Waals surface area contributed by atoms with Gasteiger partial charge in [-0.15, -0.1) is 0 Å². The van der Waals surface area contributed by atoms with E-state index in [2.05, 4.69) is 52.9 Å². The summed E-state index contributed by atoms with van der Waals surface area (Å²) in [6.07, 6.45) is 5.11. The SMILES string of the molecule is Cc1cccc(-c2n[nH]c(=S)n2[C@H]2CCCC[C@@H]2C)c1. The highest BCUT2D eigenvalue weighted by atomic mass is 32.1. The maximum Gasteiger partial charge on any atom is 0.195 e. The van der Waals surface area contributed by atoms with Gasteiger partial charge < -0.3 is 0 Å². The first kappa shape index (κ1) is 13.6. The third-order valence-corrected chi connectivity index (χ3v) is 4.67. The van der Waals surface area contributed by atoms with Crippen molar-refractivity contribution in [2.24, 2.45) is 5.92 Å². The van der Waals surface area contributed by atoms with Crippen LogP contribution in [0.4, 0.5) is 0 Å². The van der Waals surface area contributed by atoms with Crippen molar-refractivity contribution in [3.63, 3.8) is 0 Å². The minimum absolute atomic E-state index is 0.477. The molecule has 4 heteroatoms. The number of rotatable bonds is 2. The van der Waals surface area contributed by atoms with Crippen molar-refractivity contribution in [3.8, 4) is 11.4 Å². The van der Waals surface area contributed by atoms with E-state index >= 15 is 0 Å². The molecule has 0 bridgehead atoms. The van der Waals surface area contributed by atoms with E-state index in [4.69, 9.17) is 12.2 Å². The van der Waals surface area contributed by atoms with Crippen molar-refractivity contribution in [1.82, 2.24) is 14.8 Å². The van der Waals surface area contributed by atoms with Crippen molar-refractivity contribution in [2.75, 3.05) is 0 Å². The van der Waals surface area contributed by atoms with Gasteiger partial charge in [-0.3, -0.25) is 9.67 Å². The molecule has 1 N–H and O–H groups in total. The van der Waals surface area contributed by atoms with Gasteiger partial charge in [-0.1, -0.05) is 43.5 Å². The van der Waals surface area contributed by atoms with Gasteiger partial charge in [0.15, 0.2) is 10.6 Å². The van der Waals surface area contributed by atoms with E-state index in [1.165, 1.54) is 31.2 Å². The maximum atomic E-state index is 5.48. The molecule has 0 unspecified atom stereocenters.